The average Bonchev–Trinajstić information content (AvgIpc) is 3.40. The summed E-state index contributed by atoms with van der Waals surface area (Å²) < 4.78 is 21.4. The van der Waals surface area contributed by atoms with Gasteiger partial charge in [-0.15, -0.1) is 5.10 Å². The highest BCUT2D eigenvalue weighted by Gasteiger charge is 2.45. The van der Waals surface area contributed by atoms with Crippen LogP contribution < -0.4 is 0 Å². The maximum absolute atomic E-state index is 10.4. The summed E-state index contributed by atoms with van der Waals surface area (Å²) in [5.41, 5.74) is 7.65. The van der Waals surface area contributed by atoms with Crippen LogP contribution >= 0.6 is 0 Å². The first kappa shape index (κ1) is 29.4. The van der Waals surface area contributed by atoms with Crippen LogP contribution in [0.4, 0.5) is 0 Å². The molecule has 1 unspecified atom stereocenters. The third kappa shape index (κ3) is 7.22. The number of aromatic nitrogens is 3. The van der Waals surface area contributed by atoms with Gasteiger partial charge in [-0.2, -0.15) is 0 Å². The summed E-state index contributed by atoms with van der Waals surface area (Å²) in [5, 5.41) is 19.0. The van der Waals surface area contributed by atoms with E-state index in [1.807, 2.05) is 42.6 Å². The van der Waals surface area contributed by atoms with Crippen LogP contribution in [0.5, 0.6) is 0 Å². The van der Waals surface area contributed by atoms with E-state index in [2.05, 4.69) is 69.2 Å². The molecule has 1 N–H and O–H groups in total. The topological polar surface area (TPSA) is 78.6 Å². The zero-order chi connectivity index (χ0) is 29.0. The van der Waals surface area contributed by atoms with E-state index >= 15 is 0 Å². The molecule has 0 radical (unpaired) electrons. The first-order chi connectivity index (χ1) is 19.7. The Morgan fingerprint density at radius 2 is 1.95 bits per heavy atom. The predicted octanol–water partition coefficient (Wildman–Crippen LogP) is 6.56. The molecule has 2 aromatic rings. The largest absolute Gasteiger partial charge is 0.392 e. The van der Waals surface area contributed by atoms with Crippen LogP contribution in [0.25, 0.3) is 5.69 Å². The molecule has 218 valence electrons. The third-order valence-corrected chi connectivity index (χ3v) is 8.03. The Hall–Kier alpha value is -3.10. The summed E-state index contributed by atoms with van der Waals surface area (Å²) >= 11 is 0. The van der Waals surface area contributed by atoms with Crippen LogP contribution in [-0.4, -0.2) is 50.8 Å². The Morgan fingerprint density at radius 1 is 1.15 bits per heavy atom. The average molecular weight is 558 g/mol. The fraction of sp³-hybridized carbons (Fsp3) is 0.471. The number of nitrogens with zero attached hydrogens (tertiary/aromatic N) is 3. The van der Waals surface area contributed by atoms with Crippen molar-refractivity contribution in [1.82, 2.24) is 15.0 Å². The lowest BCUT2D eigenvalue weighted by Gasteiger charge is -2.46. The number of benzene rings is 1. The quantitative estimate of drug-likeness (QED) is 0.352. The first-order valence-corrected chi connectivity index (χ1v) is 14.7. The molecule has 2 aliphatic heterocycles. The Labute approximate surface area is 243 Å². The minimum absolute atomic E-state index is 0.0124. The minimum Gasteiger partial charge on any atom is -0.392 e. The van der Waals surface area contributed by atoms with Crippen molar-refractivity contribution in [1.29, 1.82) is 0 Å². The van der Waals surface area contributed by atoms with Crippen molar-refractivity contribution in [2.24, 2.45) is 5.92 Å². The van der Waals surface area contributed by atoms with Crippen LogP contribution in [0.2, 0.25) is 0 Å². The molecule has 0 bridgehead atoms. The Balaban J connectivity index is 1.27. The van der Waals surface area contributed by atoms with E-state index in [0.717, 1.165) is 48.2 Å². The van der Waals surface area contributed by atoms with E-state index in [1.165, 1.54) is 16.7 Å². The molecule has 7 heteroatoms. The molecule has 3 heterocycles. The van der Waals surface area contributed by atoms with Crippen molar-refractivity contribution in [3.8, 4) is 5.69 Å². The highest BCUT2D eigenvalue weighted by Crippen LogP contribution is 2.43. The van der Waals surface area contributed by atoms with E-state index in [0.29, 0.717) is 6.61 Å². The summed E-state index contributed by atoms with van der Waals surface area (Å²) in [6, 6.07) is 9.91. The zero-order valence-corrected chi connectivity index (χ0v) is 24.9. The fourth-order valence-corrected chi connectivity index (χ4v) is 6.00. The molecule has 1 aliphatic carbocycles. The maximum Gasteiger partial charge on any atom is 0.209 e. The Morgan fingerprint density at radius 3 is 2.71 bits per heavy atom. The molecule has 7 nitrogen and oxygen atoms in total. The third-order valence-electron chi connectivity index (χ3n) is 8.03. The van der Waals surface area contributed by atoms with Gasteiger partial charge in [0.1, 0.15) is 5.69 Å². The van der Waals surface area contributed by atoms with Crippen LogP contribution in [0.1, 0.15) is 66.0 Å². The van der Waals surface area contributed by atoms with Crippen LogP contribution in [0, 0.1) is 5.92 Å². The van der Waals surface area contributed by atoms with Gasteiger partial charge in [-0.25, -0.2) is 4.68 Å². The van der Waals surface area contributed by atoms with E-state index in [1.54, 1.807) is 4.68 Å². The molecule has 1 aromatic heterocycles. The molecule has 5 rings (SSSR count). The van der Waals surface area contributed by atoms with Crippen molar-refractivity contribution in [3.05, 3.63) is 100 Å². The van der Waals surface area contributed by atoms with Gasteiger partial charge in [0.15, 0.2) is 0 Å². The van der Waals surface area contributed by atoms with Gasteiger partial charge in [0, 0.05) is 5.92 Å². The fourth-order valence-electron chi connectivity index (χ4n) is 6.00. The molecular weight excluding hydrogens is 514 g/mol. The van der Waals surface area contributed by atoms with Crippen molar-refractivity contribution in [2.75, 3.05) is 6.61 Å². The van der Waals surface area contributed by atoms with Crippen LogP contribution in [0.15, 0.2) is 94.8 Å². The van der Waals surface area contributed by atoms with Crippen LogP contribution in [0.3, 0.4) is 0 Å². The highest BCUT2D eigenvalue weighted by molar-refractivity contribution is 5.33. The number of allylic oxidation sites excluding steroid dienone is 3. The predicted molar refractivity (Wildman–Crippen MR) is 160 cm³/mol. The Bertz CT molecular complexity index is 1370. The lowest BCUT2D eigenvalue weighted by atomic mass is 9.78. The van der Waals surface area contributed by atoms with Gasteiger partial charge < -0.3 is 19.3 Å². The molecule has 3 aliphatic rings. The number of hydrogen-bond acceptors (Lipinski definition) is 6. The van der Waals surface area contributed by atoms with Gasteiger partial charge >= 0.3 is 0 Å². The molecule has 1 spiro atoms. The van der Waals surface area contributed by atoms with E-state index in [-0.39, 0.29) is 30.8 Å². The first-order valence-electron chi connectivity index (χ1n) is 14.7. The SMILES string of the molecule is CC(C)=CCCC(C)=C[C@@H]1CC(C)=C[C@]2(C=C(CO)[C@H]3CC(OCc4cn(-c5ccccc5)nn4)C(C)=C[C@H]3O2)O1. The maximum atomic E-state index is 10.4. The van der Waals surface area contributed by atoms with Gasteiger partial charge in [0.2, 0.25) is 5.79 Å². The molecule has 41 heavy (non-hydrogen) atoms. The smallest absolute Gasteiger partial charge is 0.209 e. The lowest BCUT2D eigenvalue weighted by Crippen LogP contribution is -2.49. The molecule has 0 saturated carbocycles. The number of para-hydroxylation sites is 1. The zero-order valence-electron chi connectivity index (χ0n) is 24.9. The van der Waals surface area contributed by atoms with E-state index in [4.69, 9.17) is 14.2 Å². The molecule has 1 aromatic carbocycles. The van der Waals surface area contributed by atoms with E-state index in [9.17, 15) is 5.11 Å². The monoisotopic (exact) mass is 557 g/mol. The highest BCUT2D eigenvalue weighted by atomic mass is 16.7. The lowest BCUT2D eigenvalue weighted by molar-refractivity contribution is -0.227. The summed E-state index contributed by atoms with van der Waals surface area (Å²) in [6.45, 7) is 11.0. The van der Waals surface area contributed by atoms with Gasteiger partial charge in [0.25, 0.3) is 0 Å². The summed E-state index contributed by atoms with van der Waals surface area (Å²) in [5.74, 6) is -0.970. The molecule has 0 amide bonds. The van der Waals surface area contributed by atoms with Gasteiger partial charge in [-0.3, -0.25) is 0 Å². The Kier molecular flexibility index (Phi) is 9.19. The molecule has 5 atom stereocenters. The second-order valence-corrected chi connectivity index (χ2v) is 11.9. The second-order valence-electron chi connectivity index (χ2n) is 11.9. The summed E-state index contributed by atoms with van der Waals surface area (Å²) in [4.78, 5) is 0. The number of rotatable bonds is 9. The van der Waals surface area contributed by atoms with Crippen molar-refractivity contribution in [2.45, 2.75) is 91.0 Å². The van der Waals surface area contributed by atoms with Gasteiger partial charge in [-0.05, 0) is 95.7 Å². The van der Waals surface area contributed by atoms with Crippen molar-refractivity contribution < 1.29 is 19.3 Å². The van der Waals surface area contributed by atoms with Crippen molar-refractivity contribution in [3.63, 3.8) is 0 Å². The summed E-state index contributed by atoms with van der Waals surface area (Å²) in [6.07, 6.45) is 15.8. The van der Waals surface area contributed by atoms with E-state index < -0.39 is 5.79 Å². The van der Waals surface area contributed by atoms with Gasteiger partial charge in [0.05, 0.1) is 43.4 Å². The van der Waals surface area contributed by atoms with Crippen molar-refractivity contribution >= 4 is 0 Å². The number of hydrogen-bond donors (Lipinski definition) is 1. The number of aliphatic hydroxyl groups excluding tert-OH is 1. The number of ether oxygens (including phenoxy) is 3. The normalized spacial score (nSPS) is 28.0. The number of aliphatic hydroxyl groups is 1. The van der Waals surface area contributed by atoms with Gasteiger partial charge in [-0.1, -0.05) is 58.4 Å². The standard InChI is InChI=1S/C34H43N3O4/c1-23(2)10-9-11-24(3)14-30-15-25(4)18-34(40-30)19-27(21-38)31-17-32(26(5)16-33(31)41-34)39-22-28-20-37(36-35-28)29-12-7-6-8-13-29/h6-8,10,12-14,16,18-20,30-33,38H,9,11,15,17,21-22H2,1-5H3/t30-,31-,32?,33-,34+/m1/s1. The summed E-state index contributed by atoms with van der Waals surface area (Å²) in [7, 11) is 0. The minimum atomic E-state index is -0.983. The number of fused-ring (bicyclic) bond motifs is 1. The molecular formula is C34H43N3O4. The van der Waals surface area contributed by atoms with Crippen LogP contribution in [-0.2, 0) is 20.8 Å². The molecule has 0 saturated heterocycles. The molecule has 0 fully saturated rings. The second kappa shape index (κ2) is 12.8.